The second-order valence-electron chi connectivity index (χ2n) is 8.18. The van der Waals surface area contributed by atoms with Crippen LogP contribution in [0.25, 0.3) is 33.7 Å². The van der Waals surface area contributed by atoms with Gasteiger partial charge in [-0.1, -0.05) is 12.1 Å². The van der Waals surface area contributed by atoms with Crippen molar-refractivity contribution < 1.29 is 4.79 Å². The number of nitrogens with one attached hydrogen (secondary N) is 1. The van der Waals surface area contributed by atoms with Gasteiger partial charge < -0.3 is 14.5 Å². The predicted molar refractivity (Wildman–Crippen MR) is 123 cm³/mol. The van der Waals surface area contributed by atoms with Gasteiger partial charge in [-0.05, 0) is 48.7 Å². The first kappa shape index (κ1) is 19.3. The number of anilines is 1. The number of imidazole rings is 1. The highest BCUT2D eigenvalue weighted by molar-refractivity contribution is 6.03. The Hall–Kier alpha value is -4.40. The predicted octanol–water partition coefficient (Wildman–Crippen LogP) is 3.88. The quantitative estimate of drug-likeness (QED) is 0.449. The molecule has 0 spiro atoms. The fraction of sp³-hybridized carbons (Fsp3) is 0.167. The Balaban J connectivity index is 1.25. The summed E-state index contributed by atoms with van der Waals surface area (Å²) in [4.78, 5) is 26.1. The van der Waals surface area contributed by atoms with Crippen molar-refractivity contribution in [2.24, 2.45) is 7.05 Å². The summed E-state index contributed by atoms with van der Waals surface area (Å²) in [6.45, 7) is 0. The number of nitrogens with zero attached hydrogens (tertiary/aromatic N) is 7. The first-order chi connectivity index (χ1) is 16.2. The first-order valence-corrected chi connectivity index (χ1v) is 10.7. The summed E-state index contributed by atoms with van der Waals surface area (Å²) in [7, 11) is 1.90. The van der Waals surface area contributed by atoms with Crippen LogP contribution in [0, 0.1) is 0 Å². The number of benzene rings is 1. The van der Waals surface area contributed by atoms with Crippen LogP contribution in [0.2, 0.25) is 0 Å². The molecule has 0 bridgehead atoms. The molecule has 4 aromatic heterocycles. The molecular formula is C24H20N8O. The number of rotatable bonds is 5. The molecule has 0 unspecified atom stereocenters. The summed E-state index contributed by atoms with van der Waals surface area (Å²) in [5.41, 5.74) is 5.23. The van der Waals surface area contributed by atoms with Crippen molar-refractivity contribution >= 4 is 22.8 Å². The normalized spacial score (nSPS) is 13.4. The van der Waals surface area contributed by atoms with Crippen LogP contribution < -0.4 is 5.32 Å². The molecule has 1 aliphatic rings. The topological polar surface area (TPSA) is 103 Å². The number of pyridine rings is 2. The van der Waals surface area contributed by atoms with Crippen LogP contribution in [0.15, 0.2) is 67.5 Å². The number of aromatic nitrogens is 7. The monoisotopic (exact) mass is 436 g/mol. The Morgan fingerprint density at radius 1 is 1.00 bits per heavy atom. The van der Waals surface area contributed by atoms with Crippen molar-refractivity contribution in [3.63, 3.8) is 0 Å². The van der Waals surface area contributed by atoms with Crippen molar-refractivity contribution in [2.75, 3.05) is 5.32 Å². The number of carbonyl (C=O) groups is 1. The van der Waals surface area contributed by atoms with Gasteiger partial charge in [-0.2, -0.15) is 0 Å². The van der Waals surface area contributed by atoms with E-state index in [0.29, 0.717) is 17.4 Å². The number of carbonyl (C=O) groups excluding carboxylic acids is 1. The summed E-state index contributed by atoms with van der Waals surface area (Å²) in [5.74, 6) is 0.524. The molecule has 9 nitrogen and oxygen atoms in total. The molecule has 1 aliphatic carbocycles. The van der Waals surface area contributed by atoms with Crippen LogP contribution in [0.3, 0.4) is 0 Å². The molecule has 6 rings (SSSR count). The van der Waals surface area contributed by atoms with E-state index in [9.17, 15) is 4.79 Å². The maximum absolute atomic E-state index is 13.0. The Morgan fingerprint density at radius 2 is 1.91 bits per heavy atom. The first-order valence-electron chi connectivity index (χ1n) is 10.7. The van der Waals surface area contributed by atoms with Crippen molar-refractivity contribution in [1.82, 2.24) is 34.3 Å². The maximum Gasteiger partial charge on any atom is 0.274 e. The lowest BCUT2D eigenvalue weighted by molar-refractivity contribution is 0.102. The van der Waals surface area contributed by atoms with Gasteiger partial charge in [0.1, 0.15) is 17.5 Å². The molecule has 162 valence electrons. The second kappa shape index (κ2) is 7.63. The van der Waals surface area contributed by atoms with E-state index >= 15 is 0 Å². The van der Waals surface area contributed by atoms with E-state index in [1.54, 1.807) is 31.1 Å². The van der Waals surface area contributed by atoms with E-state index in [-0.39, 0.29) is 5.91 Å². The number of fused-ring (bicyclic) bond motifs is 1. The third-order valence-corrected chi connectivity index (χ3v) is 5.77. The van der Waals surface area contributed by atoms with Crippen LogP contribution >= 0.6 is 0 Å². The van der Waals surface area contributed by atoms with Gasteiger partial charge in [0.2, 0.25) is 0 Å². The number of hydrogen-bond donors (Lipinski definition) is 1. The molecule has 1 N–H and O–H groups in total. The highest BCUT2D eigenvalue weighted by Gasteiger charge is 2.26. The zero-order chi connectivity index (χ0) is 22.4. The summed E-state index contributed by atoms with van der Waals surface area (Å²) in [6, 6.07) is 13.7. The molecule has 4 heterocycles. The van der Waals surface area contributed by atoms with Gasteiger partial charge in [-0.25, -0.2) is 9.97 Å². The van der Waals surface area contributed by atoms with Gasteiger partial charge in [0.15, 0.2) is 11.5 Å². The summed E-state index contributed by atoms with van der Waals surface area (Å²) in [5, 5.41) is 11.3. The summed E-state index contributed by atoms with van der Waals surface area (Å²) < 4.78 is 3.96. The minimum atomic E-state index is -0.287. The van der Waals surface area contributed by atoms with Crippen LogP contribution in [-0.2, 0) is 7.05 Å². The largest absolute Gasteiger partial charge is 0.321 e. The minimum absolute atomic E-state index is 0.287. The second-order valence-corrected chi connectivity index (χ2v) is 8.18. The average molecular weight is 436 g/mol. The van der Waals surface area contributed by atoms with E-state index in [1.807, 2.05) is 48.0 Å². The zero-order valence-electron chi connectivity index (χ0n) is 17.9. The van der Waals surface area contributed by atoms with E-state index < -0.39 is 0 Å². The standard InChI is InChI=1S/C24H20N8O/c1-31-13-27-20-11-17(12-26-23(20)31)15-7-8-25-21(10-15)24(33)29-18-4-2-3-16(9-18)22-30-28-14-32(22)19-5-6-19/h2-4,7-14,19H,5-6H2,1H3,(H,29,33). The van der Waals surface area contributed by atoms with Gasteiger partial charge in [-0.3, -0.25) is 9.78 Å². The molecule has 0 saturated heterocycles. The smallest absolute Gasteiger partial charge is 0.274 e. The SMILES string of the molecule is Cn1cnc2cc(-c3ccnc(C(=O)Nc4cccc(-c5nncn5C5CC5)c4)c3)cnc21. The minimum Gasteiger partial charge on any atom is -0.321 e. The van der Waals surface area contributed by atoms with Gasteiger partial charge in [0, 0.05) is 42.3 Å². The molecule has 1 saturated carbocycles. The third kappa shape index (κ3) is 3.63. The Morgan fingerprint density at radius 3 is 2.79 bits per heavy atom. The summed E-state index contributed by atoms with van der Waals surface area (Å²) in [6.07, 6.45) is 9.19. The number of amides is 1. The third-order valence-electron chi connectivity index (χ3n) is 5.77. The maximum atomic E-state index is 13.0. The lowest BCUT2D eigenvalue weighted by Gasteiger charge is -2.09. The Bertz CT molecular complexity index is 1500. The van der Waals surface area contributed by atoms with Gasteiger partial charge in [0.05, 0.1) is 6.33 Å². The van der Waals surface area contributed by atoms with Gasteiger partial charge in [-0.15, -0.1) is 10.2 Å². The lowest BCUT2D eigenvalue weighted by Crippen LogP contribution is -2.13. The zero-order valence-corrected chi connectivity index (χ0v) is 17.9. The van der Waals surface area contributed by atoms with E-state index in [0.717, 1.165) is 46.5 Å². The van der Waals surface area contributed by atoms with E-state index in [4.69, 9.17) is 0 Å². The molecule has 33 heavy (non-hydrogen) atoms. The molecule has 1 aromatic carbocycles. The molecule has 5 aromatic rings. The molecular weight excluding hydrogens is 416 g/mol. The van der Waals surface area contributed by atoms with Crippen LogP contribution in [-0.4, -0.2) is 40.2 Å². The molecule has 1 fully saturated rings. The molecule has 0 aliphatic heterocycles. The average Bonchev–Trinajstić information content (AvgIpc) is 3.46. The molecule has 0 atom stereocenters. The molecule has 9 heteroatoms. The van der Waals surface area contributed by atoms with Crippen LogP contribution in [0.4, 0.5) is 5.69 Å². The highest BCUT2D eigenvalue weighted by atomic mass is 16.1. The van der Waals surface area contributed by atoms with Crippen molar-refractivity contribution in [3.05, 3.63) is 73.2 Å². The lowest BCUT2D eigenvalue weighted by atomic mass is 10.1. The van der Waals surface area contributed by atoms with Crippen molar-refractivity contribution in [3.8, 4) is 22.5 Å². The number of aryl methyl sites for hydroxylation is 1. The van der Waals surface area contributed by atoms with Crippen LogP contribution in [0.5, 0.6) is 0 Å². The van der Waals surface area contributed by atoms with E-state index in [2.05, 4.69) is 35.0 Å². The Labute approximate surface area is 189 Å². The molecule has 0 radical (unpaired) electrons. The van der Waals surface area contributed by atoms with Crippen molar-refractivity contribution in [1.29, 1.82) is 0 Å². The van der Waals surface area contributed by atoms with E-state index in [1.165, 1.54) is 0 Å². The fourth-order valence-corrected chi connectivity index (χ4v) is 3.91. The highest BCUT2D eigenvalue weighted by Crippen LogP contribution is 2.37. The number of hydrogen-bond acceptors (Lipinski definition) is 6. The van der Waals surface area contributed by atoms with Gasteiger partial charge >= 0.3 is 0 Å². The van der Waals surface area contributed by atoms with Gasteiger partial charge in [0.25, 0.3) is 5.91 Å². The van der Waals surface area contributed by atoms with Crippen LogP contribution in [0.1, 0.15) is 29.4 Å². The summed E-state index contributed by atoms with van der Waals surface area (Å²) >= 11 is 0. The Kier molecular flexibility index (Phi) is 4.46. The fourth-order valence-electron chi connectivity index (χ4n) is 3.91. The molecule has 1 amide bonds. The van der Waals surface area contributed by atoms with Crippen molar-refractivity contribution in [2.45, 2.75) is 18.9 Å².